The average Bonchev–Trinajstić information content (AvgIpc) is 3.09. The lowest BCUT2D eigenvalue weighted by Gasteiger charge is -2.61. The number of aliphatic hydroxyl groups is 1. The Hall–Kier alpha value is -3.52. The first-order valence-electron chi connectivity index (χ1n) is 18.5. The summed E-state index contributed by atoms with van der Waals surface area (Å²) in [6, 6.07) is 11.5. The molecule has 2 aromatic carbocycles. The van der Waals surface area contributed by atoms with Gasteiger partial charge in [0.2, 0.25) is 5.95 Å². The highest BCUT2D eigenvalue weighted by Gasteiger charge is 2.56. The van der Waals surface area contributed by atoms with Crippen molar-refractivity contribution in [2.24, 2.45) is 28.2 Å². The molecular weight excluding hydrogens is 683 g/mol. The normalized spacial score (nSPS) is 28.1. The van der Waals surface area contributed by atoms with Gasteiger partial charge in [0, 0.05) is 48.5 Å². The van der Waals surface area contributed by atoms with Gasteiger partial charge in [0.15, 0.2) is 12.2 Å². The lowest BCUT2D eigenvalue weighted by molar-refractivity contribution is -0.108. The molecule has 3 aromatic rings. The number of aliphatic imine (C=N–C) groups is 1. The zero-order chi connectivity index (χ0) is 36.2. The quantitative estimate of drug-likeness (QED) is 0.165. The smallest absolute Gasteiger partial charge is 0.262 e. The Bertz CT molecular complexity index is 1900. The van der Waals surface area contributed by atoms with E-state index < -0.39 is 0 Å². The topological polar surface area (TPSA) is 113 Å². The molecule has 0 radical (unpaired) electrons. The maximum Gasteiger partial charge on any atom is 0.262 e. The molecule has 272 valence electrons. The van der Waals surface area contributed by atoms with E-state index >= 15 is 0 Å². The van der Waals surface area contributed by atoms with Crippen LogP contribution < -0.4 is 15.8 Å². The molecule has 1 aromatic heterocycles. The minimum Gasteiger partial charge on any atom is -0.393 e. The Kier molecular flexibility index (Phi) is 9.94. The lowest BCUT2D eigenvalue weighted by Crippen LogP contribution is -2.59. The van der Waals surface area contributed by atoms with Crippen molar-refractivity contribution in [3.63, 3.8) is 0 Å². The van der Waals surface area contributed by atoms with E-state index in [4.69, 9.17) is 33.2 Å². The number of aromatic nitrogens is 2. The highest BCUT2D eigenvalue weighted by atomic mass is 35.5. The van der Waals surface area contributed by atoms with E-state index in [2.05, 4.69) is 55.9 Å². The molecule has 0 amide bonds. The van der Waals surface area contributed by atoms with Gasteiger partial charge in [-0.1, -0.05) is 50.0 Å². The molecule has 3 aliphatic carbocycles. The van der Waals surface area contributed by atoms with Gasteiger partial charge in [0.1, 0.15) is 0 Å². The third-order valence-corrected chi connectivity index (χ3v) is 13.1. The largest absolute Gasteiger partial charge is 0.393 e. The Balaban J connectivity index is 1.23. The van der Waals surface area contributed by atoms with Crippen molar-refractivity contribution < 1.29 is 5.11 Å². The molecule has 5 aliphatic rings. The lowest BCUT2D eigenvalue weighted by atomic mass is 9.45. The van der Waals surface area contributed by atoms with Gasteiger partial charge in [-0.3, -0.25) is 9.36 Å². The van der Waals surface area contributed by atoms with Crippen LogP contribution in [0.1, 0.15) is 65.9 Å². The summed E-state index contributed by atoms with van der Waals surface area (Å²) in [5, 5.41) is 25.4. The van der Waals surface area contributed by atoms with Crippen molar-refractivity contribution in [1.29, 1.82) is 5.26 Å². The van der Waals surface area contributed by atoms with Crippen LogP contribution in [0, 0.1) is 34.6 Å². The Morgan fingerprint density at radius 1 is 1.08 bits per heavy atom. The fraction of sp³-hybridized carbons (Fsp3) is 0.590. The van der Waals surface area contributed by atoms with Crippen LogP contribution in [0.5, 0.6) is 0 Å². The Morgan fingerprint density at radius 3 is 2.45 bits per heavy atom. The van der Waals surface area contributed by atoms with Gasteiger partial charge in [-0.05, 0) is 105 Å². The highest BCUT2D eigenvalue weighted by Crippen LogP contribution is 2.61. The number of hydrogen-bond acceptors (Lipinski definition) is 7. The minimum atomic E-state index is -0.354. The summed E-state index contributed by atoms with van der Waals surface area (Å²) < 4.78 is 1.75. The van der Waals surface area contributed by atoms with E-state index in [1.807, 2.05) is 35.2 Å². The maximum atomic E-state index is 14.2. The fourth-order valence-electron chi connectivity index (χ4n) is 9.22. The number of rotatable bonds is 6. The van der Waals surface area contributed by atoms with E-state index in [1.54, 1.807) is 10.6 Å². The van der Waals surface area contributed by atoms with Crippen LogP contribution in [0.2, 0.25) is 10.0 Å². The summed E-state index contributed by atoms with van der Waals surface area (Å²) in [5.41, 5.74) is 2.58. The van der Waals surface area contributed by atoms with Gasteiger partial charge >= 0.3 is 0 Å². The number of nitrogens with zero attached hydrogens (tertiary/aromatic N) is 7. The van der Waals surface area contributed by atoms with E-state index in [-0.39, 0.29) is 29.8 Å². The standard InChI is InChI=1S/C39H50Cl2N8O2/c1-23-20-47(21-24(2)49(23)22-42)37(44-34-17-27-16-32(25(34)3)39(27,4)5)43-29-8-9-31-35(19-29)45-38(46-13-11-30(50)12-14-46)48(36(31)51)15-10-26-6-7-28(40)18-33(26)41/h6-9,18-19,23-25,27,30,32,34,50H,10-17,20-21H2,1-5H3,(H,43,44)/t23-,24+,25-,27-,32+,34-/m0/s1. The molecule has 2 aliphatic heterocycles. The van der Waals surface area contributed by atoms with Crippen molar-refractivity contribution in [3.8, 4) is 6.19 Å². The average molecular weight is 734 g/mol. The molecule has 51 heavy (non-hydrogen) atoms. The zero-order valence-electron chi connectivity index (χ0n) is 30.3. The molecule has 2 bridgehead atoms. The van der Waals surface area contributed by atoms with E-state index in [0.29, 0.717) is 102 Å². The number of aryl methyl sites for hydroxylation is 1. The summed E-state index contributed by atoms with van der Waals surface area (Å²) in [6.07, 6.45) is 6.17. The van der Waals surface area contributed by atoms with E-state index in [0.717, 1.165) is 23.6 Å². The molecule has 0 spiro atoms. The summed E-state index contributed by atoms with van der Waals surface area (Å²) in [4.78, 5) is 31.1. The van der Waals surface area contributed by atoms with Crippen molar-refractivity contribution in [1.82, 2.24) is 19.4 Å². The first-order chi connectivity index (χ1) is 24.3. The molecule has 6 atom stereocenters. The van der Waals surface area contributed by atoms with Crippen LogP contribution in [0.3, 0.4) is 0 Å². The third kappa shape index (κ3) is 6.90. The van der Waals surface area contributed by atoms with Gasteiger partial charge in [-0.25, -0.2) is 9.98 Å². The van der Waals surface area contributed by atoms with Crippen LogP contribution in [-0.2, 0) is 13.0 Å². The van der Waals surface area contributed by atoms with Gasteiger partial charge in [-0.2, -0.15) is 5.26 Å². The van der Waals surface area contributed by atoms with Crippen LogP contribution in [-0.4, -0.2) is 80.8 Å². The van der Waals surface area contributed by atoms with Gasteiger partial charge in [0.25, 0.3) is 5.56 Å². The van der Waals surface area contributed by atoms with Crippen molar-refractivity contribution in [3.05, 3.63) is 62.4 Å². The van der Waals surface area contributed by atoms with Crippen molar-refractivity contribution in [2.75, 3.05) is 36.4 Å². The summed E-state index contributed by atoms with van der Waals surface area (Å²) >= 11 is 12.7. The highest BCUT2D eigenvalue weighted by molar-refractivity contribution is 6.35. The van der Waals surface area contributed by atoms with Crippen molar-refractivity contribution in [2.45, 2.75) is 97.5 Å². The van der Waals surface area contributed by atoms with Crippen molar-refractivity contribution >= 4 is 51.7 Å². The Morgan fingerprint density at radius 2 is 1.80 bits per heavy atom. The fourth-order valence-corrected chi connectivity index (χ4v) is 9.72. The van der Waals surface area contributed by atoms with Gasteiger partial charge in [-0.15, -0.1) is 0 Å². The molecule has 2 saturated heterocycles. The predicted molar refractivity (Wildman–Crippen MR) is 206 cm³/mol. The van der Waals surface area contributed by atoms with Crippen LogP contribution >= 0.6 is 23.2 Å². The summed E-state index contributed by atoms with van der Waals surface area (Å²) in [7, 11) is 0. The number of piperazine rings is 1. The first kappa shape index (κ1) is 35.9. The minimum absolute atomic E-state index is 0.0481. The van der Waals surface area contributed by atoms with Gasteiger partial charge < -0.3 is 25.1 Å². The molecule has 12 heteroatoms. The number of halogens is 2. The maximum absolute atomic E-state index is 14.2. The summed E-state index contributed by atoms with van der Waals surface area (Å²) in [5.74, 6) is 3.24. The number of hydrogen-bond donors (Lipinski definition) is 2. The molecule has 0 unspecified atom stereocenters. The molecule has 3 heterocycles. The van der Waals surface area contributed by atoms with Crippen LogP contribution in [0.25, 0.3) is 10.9 Å². The SMILES string of the molecule is C[C@@H]1[C@@H](/N=C(/Nc2ccc3c(=O)n(CCc4ccc(Cl)cc4Cl)c(N4CCC(O)CC4)nc3c2)N2C[C@@H](C)N(C#N)[C@@H](C)C2)C[C@@H]2C[C@H]1C2(C)C. The predicted octanol–water partition coefficient (Wildman–Crippen LogP) is 6.62. The summed E-state index contributed by atoms with van der Waals surface area (Å²) in [6.45, 7) is 14.4. The van der Waals surface area contributed by atoms with E-state index in [1.165, 1.54) is 6.42 Å². The number of piperidine rings is 1. The second-order valence-corrected chi connectivity index (χ2v) is 16.9. The van der Waals surface area contributed by atoms with Gasteiger partial charge in [0.05, 0.1) is 35.1 Å². The Labute approximate surface area is 311 Å². The molecule has 2 N–H and O–H groups in total. The molecule has 5 fully saturated rings. The first-order valence-corrected chi connectivity index (χ1v) is 19.3. The number of guanidine groups is 1. The molecule has 3 saturated carbocycles. The third-order valence-electron chi connectivity index (χ3n) is 12.5. The number of anilines is 2. The molecule has 8 rings (SSSR count). The second kappa shape index (κ2) is 14.1. The van der Waals surface area contributed by atoms with E-state index in [9.17, 15) is 15.2 Å². The van der Waals surface area contributed by atoms with Crippen LogP contribution in [0.4, 0.5) is 11.6 Å². The number of nitrogens with one attached hydrogen (secondary N) is 1. The number of fused-ring (bicyclic) bond motifs is 3. The zero-order valence-corrected chi connectivity index (χ0v) is 31.8. The molecular formula is C39H50Cl2N8O2. The second-order valence-electron chi connectivity index (χ2n) is 16.0. The number of benzene rings is 2. The number of nitriles is 1. The van der Waals surface area contributed by atoms with Crippen LogP contribution in [0.15, 0.2) is 46.2 Å². The molecule has 10 nitrogen and oxygen atoms in total. The monoisotopic (exact) mass is 732 g/mol. The number of aliphatic hydroxyl groups excluding tert-OH is 1.